The third-order valence-corrected chi connectivity index (χ3v) is 2.54. The van der Waals surface area contributed by atoms with Crippen molar-refractivity contribution in [3.05, 3.63) is 42.0 Å². The molecule has 0 spiro atoms. The topological polar surface area (TPSA) is 20.2 Å². The Bertz CT molecular complexity index is 451. The largest absolute Gasteiger partial charge is 0.507 e. The molecule has 0 aliphatic rings. The normalized spacial score (nSPS) is 10.6. The molecule has 2 aromatic rings. The zero-order valence-electron chi connectivity index (χ0n) is 7.70. The zero-order valence-corrected chi connectivity index (χ0v) is 8.46. The summed E-state index contributed by atoms with van der Waals surface area (Å²) >= 11 is 5.71. The number of halogens is 1. The third kappa shape index (κ3) is 1.55. The lowest BCUT2D eigenvalue weighted by Crippen LogP contribution is -1.88. The van der Waals surface area contributed by atoms with E-state index in [0.29, 0.717) is 11.6 Å². The van der Waals surface area contributed by atoms with Crippen LogP contribution in [0.2, 0.25) is 0 Å². The number of aromatic hydroxyl groups is 1. The predicted molar refractivity (Wildman–Crippen MR) is 60.0 cm³/mol. The molecule has 0 radical (unpaired) electrons. The first-order chi connectivity index (χ1) is 6.83. The van der Waals surface area contributed by atoms with Crippen molar-refractivity contribution in [3.63, 3.8) is 0 Å². The highest BCUT2D eigenvalue weighted by Crippen LogP contribution is 2.27. The summed E-state index contributed by atoms with van der Waals surface area (Å²) in [4.78, 5) is 0. The summed E-state index contributed by atoms with van der Waals surface area (Å²) in [6.45, 7) is 0. The molecule has 0 unspecified atom stereocenters. The average Bonchev–Trinajstić information content (AvgIpc) is 2.23. The molecular formula is C12H11ClO. The second-order valence-electron chi connectivity index (χ2n) is 3.23. The Morgan fingerprint density at radius 1 is 1.00 bits per heavy atom. The first-order valence-corrected chi connectivity index (χ1v) is 5.12. The van der Waals surface area contributed by atoms with Gasteiger partial charge in [0.1, 0.15) is 5.75 Å². The minimum atomic E-state index is 0.332. The van der Waals surface area contributed by atoms with E-state index in [1.807, 2.05) is 30.3 Å². The van der Waals surface area contributed by atoms with Crippen molar-refractivity contribution in [1.82, 2.24) is 0 Å². The van der Waals surface area contributed by atoms with E-state index in [9.17, 15) is 5.11 Å². The first kappa shape index (κ1) is 9.35. The van der Waals surface area contributed by atoms with E-state index in [1.165, 1.54) is 5.56 Å². The smallest absolute Gasteiger partial charge is 0.123 e. The SMILES string of the molecule is Oc1ccc(CCCl)c2ccccc12. The van der Waals surface area contributed by atoms with Crippen molar-refractivity contribution >= 4 is 22.4 Å². The van der Waals surface area contributed by atoms with Gasteiger partial charge in [-0.25, -0.2) is 0 Å². The molecule has 1 nitrogen and oxygen atoms in total. The molecule has 0 aliphatic heterocycles. The van der Waals surface area contributed by atoms with E-state index < -0.39 is 0 Å². The molecule has 14 heavy (non-hydrogen) atoms. The third-order valence-electron chi connectivity index (χ3n) is 2.36. The van der Waals surface area contributed by atoms with Crippen LogP contribution in [0.3, 0.4) is 0 Å². The summed E-state index contributed by atoms with van der Waals surface area (Å²) < 4.78 is 0. The fourth-order valence-electron chi connectivity index (χ4n) is 1.67. The van der Waals surface area contributed by atoms with Crippen LogP contribution < -0.4 is 0 Å². The van der Waals surface area contributed by atoms with Crippen LogP contribution in [0.15, 0.2) is 36.4 Å². The molecule has 0 amide bonds. The molecule has 0 heterocycles. The highest BCUT2D eigenvalue weighted by atomic mass is 35.5. The van der Waals surface area contributed by atoms with Crippen LogP contribution in [0.1, 0.15) is 5.56 Å². The number of hydrogen-bond donors (Lipinski definition) is 1. The fourth-order valence-corrected chi connectivity index (χ4v) is 1.87. The highest BCUT2D eigenvalue weighted by Gasteiger charge is 2.03. The van der Waals surface area contributed by atoms with E-state index in [1.54, 1.807) is 6.07 Å². The van der Waals surface area contributed by atoms with Gasteiger partial charge in [-0.3, -0.25) is 0 Å². The van der Waals surface area contributed by atoms with Crippen LogP contribution in [0, 0.1) is 0 Å². The number of rotatable bonds is 2. The van der Waals surface area contributed by atoms with E-state index in [0.717, 1.165) is 17.2 Å². The standard InChI is InChI=1S/C12H11ClO/c13-8-7-9-5-6-12(14)11-4-2-1-3-10(9)11/h1-6,14H,7-8H2. The van der Waals surface area contributed by atoms with Gasteiger partial charge in [0.25, 0.3) is 0 Å². The molecule has 0 aromatic heterocycles. The monoisotopic (exact) mass is 206 g/mol. The quantitative estimate of drug-likeness (QED) is 0.748. The number of benzene rings is 2. The Morgan fingerprint density at radius 3 is 2.43 bits per heavy atom. The predicted octanol–water partition coefficient (Wildman–Crippen LogP) is 3.33. The lowest BCUT2D eigenvalue weighted by Gasteiger charge is -2.06. The second-order valence-corrected chi connectivity index (χ2v) is 3.61. The number of aryl methyl sites for hydroxylation is 1. The van der Waals surface area contributed by atoms with Gasteiger partial charge in [0.05, 0.1) is 0 Å². The molecule has 0 bridgehead atoms. The molecule has 2 aromatic carbocycles. The number of hydrogen-bond acceptors (Lipinski definition) is 1. The van der Waals surface area contributed by atoms with Gasteiger partial charge in [-0.2, -0.15) is 0 Å². The Kier molecular flexibility index (Phi) is 2.60. The summed E-state index contributed by atoms with van der Waals surface area (Å²) in [5.74, 6) is 0.938. The lowest BCUT2D eigenvalue weighted by molar-refractivity contribution is 0.481. The van der Waals surface area contributed by atoms with Crippen LogP contribution >= 0.6 is 11.6 Å². The Morgan fingerprint density at radius 2 is 1.71 bits per heavy atom. The highest BCUT2D eigenvalue weighted by molar-refractivity contribution is 6.18. The summed E-state index contributed by atoms with van der Waals surface area (Å²) in [5, 5.41) is 11.6. The number of phenols is 1. The van der Waals surface area contributed by atoms with Crippen LogP contribution in [-0.4, -0.2) is 11.0 Å². The van der Waals surface area contributed by atoms with E-state index in [2.05, 4.69) is 0 Å². The maximum Gasteiger partial charge on any atom is 0.123 e. The maximum absolute atomic E-state index is 9.63. The second kappa shape index (κ2) is 3.89. The van der Waals surface area contributed by atoms with Gasteiger partial charge in [-0.05, 0) is 23.4 Å². The van der Waals surface area contributed by atoms with Crippen molar-refractivity contribution in [2.45, 2.75) is 6.42 Å². The van der Waals surface area contributed by atoms with Gasteiger partial charge in [0.15, 0.2) is 0 Å². The summed E-state index contributed by atoms with van der Waals surface area (Å²) in [6.07, 6.45) is 0.836. The van der Waals surface area contributed by atoms with Crippen molar-refractivity contribution in [2.24, 2.45) is 0 Å². The van der Waals surface area contributed by atoms with Gasteiger partial charge in [0, 0.05) is 11.3 Å². The van der Waals surface area contributed by atoms with Gasteiger partial charge in [0.2, 0.25) is 0 Å². The number of alkyl halides is 1. The van der Waals surface area contributed by atoms with Crippen LogP contribution in [0.5, 0.6) is 5.75 Å². The van der Waals surface area contributed by atoms with E-state index >= 15 is 0 Å². The Hall–Kier alpha value is -1.21. The van der Waals surface area contributed by atoms with Gasteiger partial charge < -0.3 is 5.11 Å². The molecule has 72 valence electrons. The molecular weight excluding hydrogens is 196 g/mol. The molecule has 0 saturated carbocycles. The van der Waals surface area contributed by atoms with E-state index in [-0.39, 0.29) is 0 Å². The van der Waals surface area contributed by atoms with Crippen molar-refractivity contribution in [1.29, 1.82) is 0 Å². The van der Waals surface area contributed by atoms with Gasteiger partial charge in [-0.15, -0.1) is 11.6 Å². The molecule has 2 heteroatoms. The average molecular weight is 207 g/mol. The minimum absolute atomic E-state index is 0.332. The van der Waals surface area contributed by atoms with E-state index in [4.69, 9.17) is 11.6 Å². The first-order valence-electron chi connectivity index (χ1n) is 4.58. The summed E-state index contributed by atoms with van der Waals surface area (Å²) in [5.41, 5.74) is 1.19. The minimum Gasteiger partial charge on any atom is -0.507 e. The molecule has 0 fully saturated rings. The van der Waals surface area contributed by atoms with Crippen LogP contribution in [0.25, 0.3) is 10.8 Å². The van der Waals surface area contributed by atoms with Crippen molar-refractivity contribution in [3.8, 4) is 5.75 Å². The lowest BCUT2D eigenvalue weighted by atomic mass is 10.0. The fraction of sp³-hybridized carbons (Fsp3) is 0.167. The van der Waals surface area contributed by atoms with Gasteiger partial charge >= 0.3 is 0 Å². The number of fused-ring (bicyclic) bond motifs is 1. The summed E-state index contributed by atoms with van der Waals surface area (Å²) in [6, 6.07) is 11.5. The molecule has 1 N–H and O–H groups in total. The molecule has 0 atom stereocenters. The molecule has 2 rings (SSSR count). The van der Waals surface area contributed by atoms with Gasteiger partial charge in [-0.1, -0.05) is 30.3 Å². The van der Waals surface area contributed by atoms with Crippen molar-refractivity contribution < 1.29 is 5.11 Å². The zero-order chi connectivity index (χ0) is 9.97. The molecule has 0 aliphatic carbocycles. The van der Waals surface area contributed by atoms with Crippen molar-refractivity contribution in [2.75, 3.05) is 5.88 Å². The Balaban J connectivity index is 2.68. The maximum atomic E-state index is 9.63. The number of phenolic OH excluding ortho intramolecular Hbond substituents is 1. The molecule has 0 saturated heterocycles. The van der Waals surface area contributed by atoms with Crippen LogP contribution in [-0.2, 0) is 6.42 Å². The summed E-state index contributed by atoms with van der Waals surface area (Å²) in [7, 11) is 0. The Labute approximate surface area is 87.9 Å². The van der Waals surface area contributed by atoms with Crippen LogP contribution in [0.4, 0.5) is 0 Å².